The number of aryl methyl sites for hydroxylation is 3. The summed E-state index contributed by atoms with van der Waals surface area (Å²) in [6, 6.07) is 10.5. The van der Waals surface area contributed by atoms with Gasteiger partial charge in [-0.1, -0.05) is 30.3 Å². The van der Waals surface area contributed by atoms with Gasteiger partial charge in [0.25, 0.3) is 0 Å². The summed E-state index contributed by atoms with van der Waals surface area (Å²) in [5.41, 5.74) is 9.67. The predicted molar refractivity (Wildman–Crippen MR) is 81.6 cm³/mol. The molecule has 3 nitrogen and oxygen atoms in total. The Morgan fingerprint density at radius 1 is 1.10 bits per heavy atom. The van der Waals surface area contributed by atoms with Gasteiger partial charge in [-0.25, -0.2) is 0 Å². The number of aromatic hydroxyl groups is 1. The van der Waals surface area contributed by atoms with Crippen molar-refractivity contribution in [2.75, 3.05) is 0 Å². The lowest BCUT2D eigenvalue weighted by atomic mass is 10.0. The summed E-state index contributed by atoms with van der Waals surface area (Å²) in [5.74, 6) is 0.257. The van der Waals surface area contributed by atoms with Gasteiger partial charge >= 0.3 is 0 Å². The lowest BCUT2D eigenvalue weighted by molar-refractivity contribution is 0.459. The molecule has 1 heterocycles. The van der Waals surface area contributed by atoms with Gasteiger partial charge in [0.1, 0.15) is 5.75 Å². The quantitative estimate of drug-likeness (QED) is 0.793. The summed E-state index contributed by atoms with van der Waals surface area (Å²) in [7, 11) is 0. The first-order chi connectivity index (χ1) is 9.72. The fraction of sp³-hybridized carbons (Fsp3) is 0.353. The Morgan fingerprint density at radius 2 is 1.80 bits per heavy atom. The van der Waals surface area contributed by atoms with Crippen molar-refractivity contribution < 1.29 is 5.11 Å². The molecular formula is C17H22N2O. The molecule has 0 unspecified atom stereocenters. The van der Waals surface area contributed by atoms with E-state index in [1.54, 1.807) is 6.92 Å². The number of nitrogens with two attached hydrogens (primary N) is 1. The van der Waals surface area contributed by atoms with Crippen molar-refractivity contribution in [2.45, 2.75) is 39.2 Å². The normalized spacial score (nSPS) is 10.7. The SMILES string of the molecule is Cc1ncc(CCCCc2ccccc2)c(CN)c1O. The minimum absolute atomic E-state index is 0.257. The summed E-state index contributed by atoms with van der Waals surface area (Å²) in [6.45, 7) is 2.16. The molecule has 0 saturated heterocycles. The molecule has 3 N–H and O–H groups in total. The van der Waals surface area contributed by atoms with Crippen molar-refractivity contribution >= 4 is 0 Å². The number of benzene rings is 1. The standard InChI is InChI=1S/C17H22N2O/c1-13-17(20)16(11-18)15(12-19-13)10-6-5-9-14-7-3-2-4-8-14/h2-4,7-8,12,20H,5-6,9-11,18H2,1H3. The average molecular weight is 270 g/mol. The second kappa shape index (κ2) is 7.06. The Hall–Kier alpha value is -1.87. The summed E-state index contributed by atoms with van der Waals surface area (Å²) < 4.78 is 0. The van der Waals surface area contributed by atoms with Gasteiger partial charge in [-0.2, -0.15) is 0 Å². The summed E-state index contributed by atoms with van der Waals surface area (Å²) in [5, 5.41) is 9.97. The second-order valence-electron chi connectivity index (χ2n) is 5.09. The van der Waals surface area contributed by atoms with Crippen LogP contribution in [0.25, 0.3) is 0 Å². The molecule has 0 saturated carbocycles. The first-order valence-electron chi connectivity index (χ1n) is 7.12. The van der Waals surface area contributed by atoms with Crippen LogP contribution in [0.15, 0.2) is 36.5 Å². The highest BCUT2D eigenvalue weighted by Gasteiger charge is 2.09. The van der Waals surface area contributed by atoms with Crippen molar-refractivity contribution in [2.24, 2.45) is 5.73 Å². The van der Waals surface area contributed by atoms with Gasteiger partial charge in [0.05, 0.1) is 5.69 Å². The highest BCUT2D eigenvalue weighted by atomic mass is 16.3. The zero-order valence-electron chi connectivity index (χ0n) is 12.0. The number of aromatic nitrogens is 1. The van der Waals surface area contributed by atoms with Gasteiger partial charge in [0, 0.05) is 18.3 Å². The first kappa shape index (κ1) is 14.5. The van der Waals surface area contributed by atoms with Crippen LogP contribution in [0, 0.1) is 6.92 Å². The maximum Gasteiger partial charge on any atom is 0.141 e. The zero-order valence-corrected chi connectivity index (χ0v) is 12.0. The lowest BCUT2D eigenvalue weighted by Crippen LogP contribution is -2.05. The Bertz CT molecular complexity index is 552. The maximum atomic E-state index is 9.97. The highest BCUT2D eigenvalue weighted by Crippen LogP contribution is 2.24. The molecule has 0 bridgehead atoms. The fourth-order valence-corrected chi connectivity index (χ4v) is 2.42. The summed E-state index contributed by atoms with van der Waals surface area (Å²) in [6.07, 6.45) is 6.05. The number of hydrogen-bond acceptors (Lipinski definition) is 3. The van der Waals surface area contributed by atoms with Gasteiger partial charge in [-0.3, -0.25) is 4.98 Å². The van der Waals surface area contributed by atoms with Crippen molar-refractivity contribution in [3.05, 3.63) is 58.9 Å². The van der Waals surface area contributed by atoms with Crippen LogP contribution < -0.4 is 5.73 Å². The molecule has 2 rings (SSSR count). The molecule has 106 valence electrons. The molecule has 3 heteroatoms. The topological polar surface area (TPSA) is 59.1 Å². The Balaban J connectivity index is 1.90. The molecule has 0 amide bonds. The van der Waals surface area contributed by atoms with Crippen molar-refractivity contribution in [3.63, 3.8) is 0 Å². The summed E-state index contributed by atoms with van der Waals surface area (Å²) >= 11 is 0. The van der Waals surface area contributed by atoms with E-state index in [9.17, 15) is 5.11 Å². The molecule has 20 heavy (non-hydrogen) atoms. The van der Waals surface area contributed by atoms with Crippen molar-refractivity contribution in [3.8, 4) is 5.75 Å². The molecule has 0 radical (unpaired) electrons. The third-order valence-electron chi connectivity index (χ3n) is 3.64. The maximum absolute atomic E-state index is 9.97. The number of pyridine rings is 1. The molecule has 0 atom stereocenters. The van der Waals surface area contributed by atoms with Crippen LogP contribution in [0.4, 0.5) is 0 Å². The molecule has 0 aliphatic rings. The molecule has 0 fully saturated rings. The smallest absolute Gasteiger partial charge is 0.141 e. The van der Waals surface area contributed by atoms with E-state index in [2.05, 4.69) is 29.2 Å². The van der Waals surface area contributed by atoms with Gasteiger partial charge < -0.3 is 10.8 Å². The van der Waals surface area contributed by atoms with Gasteiger partial charge in [0.2, 0.25) is 0 Å². The second-order valence-corrected chi connectivity index (χ2v) is 5.09. The third-order valence-corrected chi connectivity index (χ3v) is 3.64. The highest BCUT2D eigenvalue weighted by molar-refractivity contribution is 5.40. The molecule has 1 aromatic heterocycles. The van der Waals surface area contributed by atoms with Gasteiger partial charge in [-0.05, 0) is 43.7 Å². The van der Waals surface area contributed by atoms with E-state index >= 15 is 0 Å². The Labute approximate surface area is 120 Å². The van der Waals surface area contributed by atoms with E-state index in [0.29, 0.717) is 12.2 Å². The molecule has 2 aromatic rings. The third kappa shape index (κ3) is 3.58. The molecule has 0 aliphatic carbocycles. The van der Waals surface area contributed by atoms with Gasteiger partial charge in [0.15, 0.2) is 0 Å². The van der Waals surface area contributed by atoms with Crippen molar-refractivity contribution in [1.29, 1.82) is 0 Å². The Morgan fingerprint density at radius 3 is 2.50 bits per heavy atom. The monoisotopic (exact) mass is 270 g/mol. The van der Waals surface area contributed by atoms with Crippen LogP contribution in [-0.4, -0.2) is 10.1 Å². The van der Waals surface area contributed by atoms with Crippen molar-refractivity contribution in [1.82, 2.24) is 4.98 Å². The zero-order chi connectivity index (χ0) is 14.4. The molecule has 0 aliphatic heterocycles. The first-order valence-corrected chi connectivity index (χ1v) is 7.12. The van der Waals surface area contributed by atoms with E-state index in [4.69, 9.17) is 5.73 Å². The lowest BCUT2D eigenvalue weighted by Gasteiger charge is -2.11. The number of nitrogens with zero attached hydrogens (tertiary/aromatic N) is 1. The molecular weight excluding hydrogens is 248 g/mol. The van der Waals surface area contributed by atoms with Crippen LogP contribution >= 0.6 is 0 Å². The average Bonchev–Trinajstić information content (AvgIpc) is 2.48. The van der Waals surface area contributed by atoms with Crippen LogP contribution in [0.1, 0.15) is 35.2 Å². The number of unbranched alkanes of at least 4 members (excludes halogenated alkanes) is 1. The Kier molecular flexibility index (Phi) is 5.13. The fourth-order valence-electron chi connectivity index (χ4n) is 2.42. The minimum Gasteiger partial charge on any atom is -0.506 e. The number of hydrogen-bond donors (Lipinski definition) is 2. The molecule has 0 spiro atoms. The van der Waals surface area contributed by atoms with E-state index in [1.165, 1.54) is 5.56 Å². The van der Waals surface area contributed by atoms with Gasteiger partial charge in [-0.15, -0.1) is 0 Å². The van der Waals surface area contributed by atoms with E-state index in [1.807, 2.05) is 12.3 Å². The van der Waals surface area contributed by atoms with Crippen LogP contribution in [0.3, 0.4) is 0 Å². The van der Waals surface area contributed by atoms with Crippen LogP contribution in [0.5, 0.6) is 5.75 Å². The van der Waals surface area contributed by atoms with E-state index in [-0.39, 0.29) is 5.75 Å². The number of rotatable bonds is 6. The minimum atomic E-state index is 0.257. The van der Waals surface area contributed by atoms with E-state index < -0.39 is 0 Å². The summed E-state index contributed by atoms with van der Waals surface area (Å²) in [4.78, 5) is 4.22. The van der Waals surface area contributed by atoms with E-state index in [0.717, 1.165) is 36.8 Å². The largest absolute Gasteiger partial charge is 0.506 e. The molecule has 1 aromatic carbocycles. The predicted octanol–water partition coefficient (Wildman–Crippen LogP) is 3.12. The van der Waals surface area contributed by atoms with Crippen LogP contribution in [-0.2, 0) is 19.4 Å². The van der Waals surface area contributed by atoms with Crippen LogP contribution in [0.2, 0.25) is 0 Å².